The van der Waals surface area contributed by atoms with Gasteiger partial charge in [-0.2, -0.15) is 0 Å². The Labute approximate surface area is 187 Å². The van der Waals surface area contributed by atoms with E-state index in [-0.39, 0.29) is 30.4 Å². The Bertz CT molecular complexity index is 975. The molecule has 0 radical (unpaired) electrons. The van der Waals surface area contributed by atoms with Crippen molar-refractivity contribution in [2.24, 2.45) is 5.92 Å². The van der Waals surface area contributed by atoms with Crippen molar-refractivity contribution in [1.29, 1.82) is 0 Å². The summed E-state index contributed by atoms with van der Waals surface area (Å²) in [6.45, 7) is 1.96. The molecule has 1 saturated carbocycles. The van der Waals surface area contributed by atoms with Gasteiger partial charge in [-0.25, -0.2) is 9.59 Å². The molecule has 2 aliphatic carbocycles. The van der Waals surface area contributed by atoms with Gasteiger partial charge in [0.1, 0.15) is 12.6 Å². The number of benzene rings is 2. The van der Waals surface area contributed by atoms with Crippen LogP contribution < -0.4 is 10.6 Å². The largest absolute Gasteiger partial charge is 0.480 e. The van der Waals surface area contributed by atoms with Gasteiger partial charge in [-0.05, 0) is 47.9 Å². The van der Waals surface area contributed by atoms with Crippen molar-refractivity contribution in [2.45, 2.75) is 50.6 Å². The summed E-state index contributed by atoms with van der Waals surface area (Å²) in [4.78, 5) is 36.0. The molecule has 0 bridgehead atoms. The van der Waals surface area contributed by atoms with E-state index in [1.54, 1.807) is 6.92 Å². The molecule has 2 aromatic rings. The van der Waals surface area contributed by atoms with Crippen LogP contribution >= 0.6 is 0 Å². The van der Waals surface area contributed by atoms with Gasteiger partial charge in [0, 0.05) is 17.9 Å². The van der Waals surface area contributed by atoms with Crippen LogP contribution in [0.2, 0.25) is 0 Å². The van der Waals surface area contributed by atoms with E-state index in [1.165, 1.54) is 11.1 Å². The highest BCUT2D eigenvalue weighted by Gasteiger charge is 2.33. The van der Waals surface area contributed by atoms with Crippen molar-refractivity contribution in [3.05, 3.63) is 59.7 Å². The molecular weight excluding hydrogens is 408 g/mol. The zero-order chi connectivity index (χ0) is 22.7. The normalized spacial score (nSPS) is 20.2. The van der Waals surface area contributed by atoms with Gasteiger partial charge in [0.15, 0.2) is 0 Å². The van der Waals surface area contributed by atoms with Crippen molar-refractivity contribution in [3.8, 4) is 11.1 Å². The Hall–Kier alpha value is -3.35. The number of nitrogens with one attached hydrogen (secondary N) is 2. The van der Waals surface area contributed by atoms with Crippen molar-refractivity contribution in [3.63, 3.8) is 0 Å². The number of aliphatic carboxylic acids is 1. The maximum Gasteiger partial charge on any atom is 0.407 e. The second-order valence-electron chi connectivity index (χ2n) is 8.48. The molecule has 0 aliphatic heterocycles. The fourth-order valence-corrected chi connectivity index (χ4v) is 4.79. The number of amides is 2. The molecule has 2 aliphatic rings. The number of carbonyl (C=O) groups excluding carboxylic acids is 2. The molecule has 168 valence electrons. The van der Waals surface area contributed by atoms with Gasteiger partial charge >= 0.3 is 12.1 Å². The third-order valence-electron chi connectivity index (χ3n) is 6.49. The van der Waals surface area contributed by atoms with Crippen LogP contribution in [0.3, 0.4) is 0 Å². The molecule has 3 atom stereocenters. The van der Waals surface area contributed by atoms with Crippen LogP contribution in [0.25, 0.3) is 11.1 Å². The van der Waals surface area contributed by atoms with Crippen molar-refractivity contribution < 1.29 is 24.2 Å². The second kappa shape index (κ2) is 9.42. The van der Waals surface area contributed by atoms with Gasteiger partial charge in [-0.15, -0.1) is 0 Å². The fraction of sp³-hybridized carbons (Fsp3) is 0.400. The SMILES string of the molecule is CC[C@@H](NC(=O)[C@H]1CC[C@@H](NC(=O)OCC2c3ccccc3-c3ccccc32)C1)C(=O)O. The van der Waals surface area contributed by atoms with Gasteiger partial charge < -0.3 is 20.5 Å². The number of carboxylic acids is 1. The van der Waals surface area contributed by atoms with Gasteiger partial charge in [0.25, 0.3) is 0 Å². The van der Waals surface area contributed by atoms with Crippen LogP contribution in [0.1, 0.15) is 49.7 Å². The first-order valence-corrected chi connectivity index (χ1v) is 11.1. The summed E-state index contributed by atoms with van der Waals surface area (Å²) in [5, 5.41) is 14.6. The monoisotopic (exact) mass is 436 g/mol. The lowest BCUT2D eigenvalue weighted by Gasteiger charge is -2.18. The first kappa shape index (κ1) is 21.9. The molecule has 7 heteroatoms. The third kappa shape index (κ3) is 4.47. The molecule has 0 aromatic heterocycles. The smallest absolute Gasteiger partial charge is 0.407 e. The number of carboxylic acid groups (broad SMARTS) is 1. The minimum absolute atomic E-state index is 0.00255. The first-order chi connectivity index (χ1) is 15.5. The highest BCUT2D eigenvalue weighted by atomic mass is 16.5. The fourth-order valence-electron chi connectivity index (χ4n) is 4.79. The van der Waals surface area contributed by atoms with E-state index in [0.717, 1.165) is 11.1 Å². The van der Waals surface area contributed by atoms with Crippen LogP contribution in [0.4, 0.5) is 4.79 Å². The van der Waals surface area contributed by atoms with Crippen LogP contribution in [-0.2, 0) is 14.3 Å². The number of ether oxygens (including phenoxy) is 1. The zero-order valence-electron chi connectivity index (χ0n) is 18.0. The van der Waals surface area contributed by atoms with Crippen LogP contribution in [0.15, 0.2) is 48.5 Å². The standard InChI is InChI=1S/C25H28N2O5/c1-2-22(24(29)30)27-23(28)15-11-12-16(13-15)26-25(31)32-14-21-19-9-5-3-7-17(19)18-8-4-6-10-20(18)21/h3-10,15-16,21-22H,2,11-14H2,1H3,(H,26,31)(H,27,28)(H,29,30)/t15-,16+,22+/m0/s1. The number of fused-ring (bicyclic) bond motifs is 3. The van der Waals surface area contributed by atoms with Crippen LogP contribution in [0, 0.1) is 5.92 Å². The topological polar surface area (TPSA) is 105 Å². The molecular formula is C25H28N2O5. The van der Waals surface area contributed by atoms with E-state index in [4.69, 9.17) is 9.84 Å². The van der Waals surface area contributed by atoms with E-state index < -0.39 is 18.1 Å². The maximum atomic E-state index is 12.5. The minimum atomic E-state index is -1.04. The average molecular weight is 437 g/mol. The quantitative estimate of drug-likeness (QED) is 0.614. The lowest BCUT2D eigenvalue weighted by molar-refractivity contribution is -0.142. The Kier molecular flexibility index (Phi) is 6.44. The highest BCUT2D eigenvalue weighted by Crippen LogP contribution is 2.44. The summed E-state index contributed by atoms with van der Waals surface area (Å²) in [5.41, 5.74) is 4.66. The third-order valence-corrected chi connectivity index (χ3v) is 6.49. The van der Waals surface area contributed by atoms with E-state index in [2.05, 4.69) is 34.9 Å². The molecule has 0 unspecified atom stereocenters. The summed E-state index contributed by atoms with van der Waals surface area (Å²) in [6, 6.07) is 15.3. The van der Waals surface area contributed by atoms with Crippen LogP contribution in [0.5, 0.6) is 0 Å². The Morgan fingerprint density at radius 1 is 1.03 bits per heavy atom. The predicted molar refractivity (Wildman–Crippen MR) is 119 cm³/mol. The minimum Gasteiger partial charge on any atom is -0.480 e. The molecule has 2 aromatic carbocycles. The number of hydrogen-bond donors (Lipinski definition) is 3. The number of rotatable bonds is 7. The summed E-state index contributed by atoms with van der Waals surface area (Å²) in [5.74, 6) is -1.61. The zero-order valence-corrected chi connectivity index (χ0v) is 18.0. The van der Waals surface area contributed by atoms with Gasteiger partial charge in [0.2, 0.25) is 5.91 Å². The van der Waals surface area contributed by atoms with Crippen molar-refractivity contribution in [2.75, 3.05) is 6.61 Å². The Balaban J connectivity index is 1.30. The molecule has 3 N–H and O–H groups in total. The molecule has 1 fully saturated rings. The molecule has 32 heavy (non-hydrogen) atoms. The van der Waals surface area contributed by atoms with E-state index in [1.807, 2.05) is 24.3 Å². The van der Waals surface area contributed by atoms with Gasteiger partial charge in [0.05, 0.1) is 0 Å². The molecule has 7 nitrogen and oxygen atoms in total. The van der Waals surface area contributed by atoms with Gasteiger partial charge in [-0.1, -0.05) is 55.5 Å². The molecule has 2 amide bonds. The number of alkyl carbamates (subject to hydrolysis) is 1. The van der Waals surface area contributed by atoms with E-state index in [0.29, 0.717) is 25.7 Å². The number of carbonyl (C=O) groups is 3. The molecule has 0 heterocycles. The Morgan fingerprint density at radius 3 is 2.25 bits per heavy atom. The summed E-state index contributed by atoms with van der Waals surface area (Å²) in [6.07, 6.45) is 1.58. The predicted octanol–water partition coefficient (Wildman–Crippen LogP) is 3.67. The van der Waals surface area contributed by atoms with Gasteiger partial charge in [-0.3, -0.25) is 4.79 Å². The highest BCUT2D eigenvalue weighted by molar-refractivity contribution is 5.85. The summed E-state index contributed by atoms with van der Waals surface area (Å²) in [7, 11) is 0. The lowest BCUT2D eigenvalue weighted by Crippen LogP contribution is -2.43. The Morgan fingerprint density at radius 2 is 1.66 bits per heavy atom. The summed E-state index contributed by atoms with van der Waals surface area (Å²) >= 11 is 0. The molecule has 0 spiro atoms. The second-order valence-corrected chi connectivity index (χ2v) is 8.48. The lowest BCUT2D eigenvalue weighted by atomic mass is 9.98. The van der Waals surface area contributed by atoms with Crippen LogP contribution in [-0.4, -0.2) is 41.8 Å². The van der Waals surface area contributed by atoms with E-state index >= 15 is 0 Å². The number of hydrogen-bond acceptors (Lipinski definition) is 4. The maximum absolute atomic E-state index is 12.5. The molecule has 0 saturated heterocycles. The van der Waals surface area contributed by atoms with Crippen molar-refractivity contribution >= 4 is 18.0 Å². The van der Waals surface area contributed by atoms with E-state index in [9.17, 15) is 14.4 Å². The summed E-state index contributed by atoms with van der Waals surface area (Å²) < 4.78 is 5.58. The molecule has 4 rings (SSSR count). The first-order valence-electron chi connectivity index (χ1n) is 11.1. The average Bonchev–Trinajstić information content (AvgIpc) is 3.38. The van der Waals surface area contributed by atoms with Crippen molar-refractivity contribution in [1.82, 2.24) is 10.6 Å².